The first-order valence-electron chi connectivity index (χ1n) is 7.22. The minimum atomic E-state index is -1.22. The van der Waals surface area contributed by atoms with Crippen molar-refractivity contribution in [2.45, 2.75) is 32.1 Å². The van der Waals surface area contributed by atoms with E-state index in [0.717, 1.165) is 0 Å². The molecule has 1 rings (SSSR count). The van der Waals surface area contributed by atoms with E-state index in [1.165, 1.54) is 0 Å². The topological polar surface area (TPSA) is 95.5 Å². The van der Waals surface area contributed by atoms with Gasteiger partial charge in [-0.15, -0.1) is 0 Å². The summed E-state index contributed by atoms with van der Waals surface area (Å²) in [6, 6.07) is 8.73. The molecule has 2 amide bonds. The first kappa shape index (κ1) is 17.7. The van der Waals surface area contributed by atoms with Crippen LogP contribution in [0.3, 0.4) is 0 Å². The van der Waals surface area contributed by atoms with Crippen LogP contribution < -0.4 is 10.6 Å². The highest BCUT2D eigenvalue weighted by Gasteiger charge is 2.35. The van der Waals surface area contributed by atoms with Gasteiger partial charge in [-0.3, -0.25) is 14.4 Å². The van der Waals surface area contributed by atoms with Gasteiger partial charge in [-0.2, -0.15) is 0 Å². The summed E-state index contributed by atoms with van der Waals surface area (Å²) in [4.78, 5) is 34.6. The predicted octanol–water partition coefficient (Wildman–Crippen LogP) is 1.06. The highest BCUT2D eigenvalue weighted by Crippen LogP contribution is 2.23. The monoisotopic (exact) mass is 306 g/mol. The summed E-state index contributed by atoms with van der Waals surface area (Å²) in [5.41, 5.74) is -0.609. The van der Waals surface area contributed by atoms with Gasteiger partial charge in [0.1, 0.15) is 5.41 Å². The van der Waals surface area contributed by atoms with Crippen LogP contribution >= 0.6 is 0 Å². The number of carbonyl (C=O) groups is 3. The van der Waals surface area contributed by atoms with Crippen molar-refractivity contribution in [2.24, 2.45) is 0 Å². The molecule has 0 aliphatic rings. The number of hydrogen-bond acceptors (Lipinski definition) is 3. The summed E-state index contributed by atoms with van der Waals surface area (Å²) >= 11 is 0. The number of hydrogen-bond donors (Lipinski definition) is 3. The van der Waals surface area contributed by atoms with E-state index in [2.05, 4.69) is 10.6 Å². The van der Waals surface area contributed by atoms with Crippen molar-refractivity contribution in [1.29, 1.82) is 0 Å². The Balaban J connectivity index is 2.61. The smallest absolute Gasteiger partial charge is 0.315 e. The van der Waals surface area contributed by atoms with E-state index in [1.54, 1.807) is 37.3 Å². The van der Waals surface area contributed by atoms with Gasteiger partial charge in [0.25, 0.3) is 0 Å². The van der Waals surface area contributed by atoms with E-state index in [1.807, 2.05) is 6.92 Å². The van der Waals surface area contributed by atoms with Crippen molar-refractivity contribution in [3.63, 3.8) is 0 Å². The van der Waals surface area contributed by atoms with Gasteiger partial charge in [0.05, 0.1) is 6.54 Å². The Morgan fingerprint density at radius 3 is 2.27 bits per heavy atom. The Hall–Kier alpha value is -2.37. The van der Waals surface area contributed by atoms with Crippen molar-refractivity contribution in [1.82, 2.24) is 10.6 Å². The summed E-state index contributed by atoms with van der Waals surface area (Å²) in [5, 5.41) is 14.5. The third kappa shape index (κ3) is 4.87. The van der Waals surface area contributed by atoms with Crippen LogP contribution in [0.5, 0.6) is 0 Å². The summed E-state index contributed by atoms with van der Waals surface area (Å²) in [5.74, 6) is -1.62. The van der Waals surface area contributed by atoms with Crippen LogP contribution in [-0.4, -0.2) is 36.0 Å². The second-order valence-corrected chi connectivity index (χ2v) is 5.31. The summed E-state index contributed by atoms with van der Waals surface area (Å²) in [7, 11) is 0. The molecule has 0 saturated carbocycles. The number of nitrogens with one attached hydrogen (secondary N) is 2. The molecule has 1 atom stereocenters. The van der Waals surface area contributed by atoms with Crippen LogP contribution in [0, 0.1) is 0 Å². The van der Waals surface area contributed by atoms with Gasteiger partial charge >= 0.3 is 5.97 Å². The molecule has 22 heavy (non-hydrogen) atoms. The molecule has 6 nitrogen and oxygen atoms in total. The highest BCUT2D eigenvalue weighted by molar-refractivity contribution is 5.86. The molecule has 0 bridgehead atoms. The molecule has 1 aromatic rings. The summed E-state index contributed by atoms with van der Waals surface area (Å²) in [6.45, 7) is 3.23. The molecule has 6 heteroatoms. The third-order valence-corrected chi connectivity index (χ3v) is 3.45. The lowest BCUT2D eigenvalue weighted by molar-refractivity contribution is -0.143. The second-order valence-electron chi connectivity index (χ2n) is 5.31. The minimum absolute atomic E-state index is 0.0468. The molecule has 1 unspecified atom stereocenters. The Labute approximate surface area is 129 Å². The van der Waals surface area contributed by atoms with Gasteiger partial charge in [0.15, 0.2) is 0 Å². The average Bonchev–Trinajstić information content (AvgIpc) is 2.51. The van der Waals surface area contributed by atoms with Gasteiger partial charge in [0, 0.05) is 13.0 Å². The molecular weight excluding hydrogens is 284 g/mol. The Bertz CT molecular complexity index is 530. The number of carbonyl (C=O) groups excluding carboxylic acids is 2. The largest absolute Gasteiger partial charge is 0.481 e. The standard InChI is InChI=1S/C16H22N2O4/c1-3-7-13(19)17-10-14(20)18-11-16(2,15(21)22)12-8-5-4-6-9-12/h4-6,8-9H,3,7,10-11H2,1-2H3,(H,17,19)(H,18,20)(H,21,22). The van der Waals surface area contributed by atoms with E-state index >= 15 is 0 Å². The zero-order valence-electron chi connectivity index (χ0n) is 12.9. The summed E-state index contributed by atoms with van der Waals surface area (Å²) in [6.07, 6.45) is 1.07. The zero-order chi connectivity index (χ0) is 16.6. The van der Waals surface area contributed by atoms with Gasteiger partial charge in [-0.1, -0.05) is 37.3 Å². The van der Waals surface area contributed by atoms with E-state index < -0.39 is 17.3 Å². The molecule has 3 N–H and O–H groups in total. The molecule has 0 aromatic heterocycles. The molecule has 0 fully saturated rings. The average molecular weight is 306 g/mol. The van der Waals surface area contributed by atoms with Crippen molar-refractivity contribution in [3.05, 3.63) is 35.9 Å². The third-order valence-electron chi connectivity index (χ3n) is 3.45. The van der Waals surface area contributed by atoms with Gasteiger partial charge in [-0.05, 0) is 18.9 Å². The molecule has 120 valence electrons. The first-order chi connectivity index (χ1) is 10.4. The Morgan fingerprint density at radius 2 is 1.73 bits per heavy atom. The lowest BCUT2D eigenvalue weighted by Gasteiger charge is -2.25. The van der Waals surface area contributed by atoms with Crippen molar-refractivity contribution in [2.75, 3.05) is 13.1 Å². The fourth-order valence-corrected chi connectivity index (χ4v) is 1.94. The molecule has 0 heterocycles. The Kier molecular flexibility index (Phi) is 6.56. The quantitative estimate of drug-likeness (QED) is 0.669. The normalized spacial score (nSPS) is 13.0. The highest BCUT2D eigenvalue weighted by atomic mass is 16.4. The Morgan fingerprint density at radius 1 is 1.09 bits per heavy atom. The van der Waals surface area contributed by atoms with Gasteiger partial charge in [-0.25, -0.2) is 0 Å². The maximum atomic E-state index is 11.7. The van der Waals surface area contributed by atoms with Crippen LogP contribution in [0.4, 0.5) is 0 Å². The van der Waals surface area contributed by atoms with Crippen molar-refractivity contribution < 1.29 is 19.5 Å². The SMILES string of the molecule is CCCC(=O)NCC(=O)NCC(C)(C(=O)O)c1ccccc1. The number of amides is 2. The minimum Gasteiger partial charge on any atom is -0.481 e. The molecule has 0 aliphatic heterocycles. The van der Waals surface area contributed by atoms with Crippen LogP contribution in [0.1, 0.15) is 32.3 Å². The number of benzene rings is 1. The lowest BCUT2D eigenvalue weighted by Crippen LogP contribution is -2.46. The van der Waals surface area contributed by atoms with Crippen molar-refractivity contribution >= 4 is 17.8 Å². The maximum absolute atomic E-state index is 11.7. The summed E-state index contributed by atoms with van der Waals surface area (Å²) < 4.78 is 0. The number of carboxylic acids is 1. The number of aliphatic carboxylic acids is 1. The first-order valence-corrected chi connectivity index (χ1v) is 7.22. The van der Waals surface area contributed by atoms with E-state index in [-0.39, 0.29) is 19.0 Å². The molecular formula is C16H22N2O4. The van der Waals surface area contributed by atoms with E-state index in [0.29, 0.717) is 18.4 Å². The molecule has 0 aliphatic carbocycles. The van der Waals surface area contributed by atoms with Crippen LogP contribution in [0.2, 0.25) is 0 Å². The van der Waals surface area contributed by atoms with Crippen molar-refractivity contribution in [3.8, 4) is 0 Å². The van der Waals surface area contributed by atoms with Crippen LogP contribution in [-0.2, 0) is 19.8 Å². The van der Waals surface area contributed by atoms with E-state index in [9.17, 15) is 19.5 Å². The number of carboxylic acid groups (broad SMARTS) is 1. The van der Waals surface area contributed by atoms with E-state index in [4.69, 9.17) is 0 Å². The van der Waals surface area contributed by atoms with Gasteiger partial charge in [0.2, 0.25) is 11.8 Å². The molecule has 0 spiro atoms. The fraction of sp³-hybridized carbons (Fsp3) is 0.438. The maximum Gasteiger partial charge on any atom is 0.315 e. The number of rotatable bonds is 8. The van der Waals surface area contributed by atoms with Crippen LogP contribution in [0.25, 0.3) is 0 Å². The molecule has 0 saturated heterocycles. The fourth-order valence-electron chi connectivity index (χ4n) is 1.94. The predicted molar refractivity (Wildman–Crippen MR) is 82.4 cm³/mol. The van der Waals surface area contributed by atoms with Crippen LogP contribution in [0.15, 0.2) is 30.3 Å². The molecule has 1 aromatic carbocycles. The zero-order valence-corrected chi connectivity index (χ0v) is 12.9. The second kappa shape index (κ2) is 8.17. The molecule has 0 radical (unpaired) electrons. The van der Waals surface area contributed by atoms with Gasteiger partial charge < -0.3 is 15.7 Å². The lowest BCUT2D eigenvalue weighted by atomic mass is 9.82.